The first-order chi connectivity index (χ1) is 6.77. The topological polar surface area (TPSA) is 12.0 Å². The number of hydrogen-bond acceptors (Lipinski definition) is 2. The molecule has 76 valence electrons. The zero-order valence-corrected chi connectivity index (χ0v) is 9.66. The van der Waals surface area contributed by atoms with Crippen molar-refractivity contribution < 1.29 is 0 Å². The third kappa shape index (κ3) is 3.17. The van der Waals surface area contributed by atoms with E-state index < -0.39 is 0 Å². The standard InChI is InChI=1S/C12H17NS/c1-4-6-11(5-2)13-9-12-10(3)7-8-14-12/h2,7-8,11,13H,4,6,9H2,1,3H3. The van der Waals surface area contributed by atoms with E-state index in [-0.39, 0.29) is 6.04 Å². The minimum absolute atomic E-state index is 0.224. The lowest BCUT2D eigenvalue weighted by atomic mass is 10.2. The fourth-order valence-corrected chi connectivity index (χ4v) is 2.19. The van der Waals surface area contributed by atoms with Crippen LogP contribution >= 0.6 is 11.3 Å². The highest BCUT2D eigenvalue weighted by Gasteiger charge is 2.04. The van der Waals surface area contributed by atoms with Gasteiger partial charge in [-0.15, -0.1) is 17.8 Å². The molecular formula is C12H17NS. The van der Waals surface area contributed by atoms with Gasteiger partial charge >= 0.3 is 0 Å². The summed E-state index contributed by atoms with van der Waals surface area (Å²) in [6, 6.07) is 2.37. The summed E-state index contributed by atoms with van der Waals surface area (Å²) in [5, 5.41) is 5.51. The van der Waals surface area contributed by atoms with E-state index in [1.165, 1.54) is 10.4 Å². The van der Waals surface area contributed by atoms with Gasteiger partial charge in [0, 0.05) is 11.4 Å². The normalized spacial score (nSPS) is 12.4. The van der Waals surface area contributed by atoms with Crippen LogP contribution in [0, 0.1) is 19.3 Å². The van der Waals surface area contributed by atoms with Gasteiger partial charge < -0.3 is 0 Å². The van der Waals surface area contributed by atoms with Crippen LogP contribution in [0.25, 0.3) is 0 Å². The van der Waals surface area contributed by atoms with Crippen LogP contribution in [-0.4, -0.2) is 6.04 Å². The van der Waals surface area contributed by atoms with Crippen molar-refractivity contribution in [2.24, 2.45) is 0 Å². The van der Waals surface area contributed by atoms with Crippen LogP contribution in [0.1, 0.15) is 30.2 Å². The van der Waals surface area contributed by atoms with Gasteiger partial charge in [0.15, 0.2) is 0 Å². The fourth-order valence-electron chi connectivity index (χ4n) is 1.33. The van der Waals surface area contributed by atoms with Gasteiger partial charge in [-0.25, -0.2) is 0 Å². The molecule has 1 rings (SSSR count). The maximum Gasteiger partial charge on any atom is 0.0689 e. The van der Waals surface area contributed by atoms with Crippen LogP contribution in [0.5, 0.6) is 0 Å². The zero-order chi connectivity index (χ0) is 10.4. The first kappa shape index (κ1) is 11.3. The van der Waals surface area contributed by atoms with Gasteiger partial charge in [0.2, 0.25) is 0 Å². The molecule has 0 aliphatic rings. The van der Waals surface area contributed by atoms with Crippen LogP contribution in [0.15, 0.2) is 11.4 Å². The predicted molar refractivity (Wildman–Crippen MR) is 63.4 cm³/mol. The Kier molecular flexibility index (Phi) is 4.72. The Hall–Kier alpha value is -0.780. The van der Waals surface area contributed by atoms with Gasteiger partial charge in [-0.1, -0.05) is 19.3 Å². The summed E-state index contributed by atoms with van der Waals surface area (Å²) >= 11 is 1.79. The molecule has 0 aliphatic carbocycles. The first-order valence-corrected chi connectivity index (χ1v) is 5.88. The van der Waals surface area contributed by atoms with E-state index in [4.69, 9.17) is 6.42 Å². The molecule has 2 heteroatoms. The van der Waals surface area contributed by atoms with Crippen molar-refractivity contribution in [2.45, 2.75) is 39.3 Å². The average Bonchev–Trinajstić information content (AvgIpc) is 2.59. The Balaban J connectivity index is 2.40. The largest absolute Gasteiger partial charge is 0.299 e. The van der Waals surface area contributed by atoms with E-state index in [0.29, 0.717) is 0 Å². The molecule has 0 aliphatic heterocycles. The highest BCUT2D eigenvalue weighted by molar-refractivity contribution is 7.10. The van der Waals surface area contributed by atoms with E-state index in [2.05, 4.69) is 36.5 Å². The summed E-state index contributed by atoms with van der Waals surface area (Å²) in [4.78, 5) is 1.39. The van der Waals surface area contributed by atoms with Crippen molar-refractivity contribution in [3.05, 3.63) is 21.9 Å². The van der Waals surface area contributed by atoms with Crippen LogP contribution in [-0.2, 0) is 6.54 Å². The number of nitrogens with one attached hydrogen (secondary N) is 1. The van der Waals surface area contributed by atoms with Gasteiger partial charge in [0.05, 0.1) is 6.04 Å². The third-order valence-corrected chi connectivity index (χ3v) is 3.28. The van der Waals surface area contributed by atoms with Crippen molar-refractivity contribution in [2.75, 3.05) is 0 Å². The maximum absolute atomic E-state index is 5.43. The molecular weight excluding hydrogens is 190 g/mol. The van der Waals surface area contributed by atoms with Crippen molar-refractivity contribution in [3.8, 4) is 12.3 Å². The molecule has 0 saturated heterocycles. The number of hydrogen-bond donors (Lipinski definition) is 1. The summed E-state index contributed by atoms with van der Waals surface area (Å²) < 4.78 is 0. The highest BCUT2D eigenvalue weighted by atomic mass is 32.1. The number of thiophene rings is 1. The number of rotatable bonds is 5. The molecule has 0 fully saturated rings. The second kappa shape index (κ2) is 5.85. The molecule has 0 amide bonds. The second-order valence-electron chi connectivity index (χ2n) is 3.42. The third-order valence-electron chi connectivity index (χ3n) is 2.26. The first-order valence-electron chi connectivity index (χ1n) is 5.00. The van der Waals surface area contributed by atoms with Crippen LogP contribution in [0.4, 0.5) is 0 Å². The number of terminal acetylenes is 1. The van der Waals surface area contributed by atoms with Gasteiger partial charge in [-0.05, 0) is 30.4 Å². The van der Waals surface area contributed by atoms with Crippen molar-refractivity contribution in [3.63, 3.8) is 0 Å². The van der Waals surface area contributed by atoms with Crippen molar-refractivity contribution in [1.29, 1.82) is 0 Å². The lowest BCUT2D eigenvalue weighted by Gasteiger charge is -2.11. The Morgan fingerprint density at radius 3 is 2.93 bits per heavy atom. The minimum atomic E-state index is 0.224. The van der Waals surface area contributed by atoms with E-state index in [0.717, 1.165) is 19.4 Å². The average molecular weight is 207 g/mol. The van der Waals surface area contributed by atoms with Gasteiger partial charge in [0.1, 0.15) is 0 Å². The Bertz CT molecular complexity index is 308. The summed E-state index contributed by atoms with van der Waals surface area (Å²) in [6.45, 7) is 5.19. The Morgan fingerprint density at radius 1 is 1.64 bits per heavy atom. The summed E-state index contributed by atoms with van der Waals surface area (Å²) in [7, 11) is 0. The molecule has 0 bridgehead atoms. The predicted octanol–water partition coefficient (Wildman–Crippen LogP) is 2.95. The van der Waals surface area contributed by atoms with Crippen molar-refractivity contribution >= 4 is 11.3 Å². The van der Waals surface area contributed by atoms with Gasteiger partial charge in [-0.2, -0.15) is 0 Å². The molecule has 0 spiro atoms. The molecule has 1 N–H and O–H groups in total. The van der Waals surface area contributed by atoms with E-state index in [1.807, 2.05) is 0 Å². The molecule has 14 heavy (non-hydrogen) atoms. The van der Waals surface area contributed by atoms with Crippen molar-refractivity contribution in [1.82, 2.24) is 5.32 Å². The molecule has 1 atom stereocenters. The molecule has 1 heterocycles. The van der Waals surface area contributed by atoms with Crippen LogP contribution in [0.3, 0.4) is 0 Å². The lowest BCUT2D eigenvalue weighted by molar-refractivity contribution is 0.565. The molecule has 1 nitrogen and oxygen atoms in total. The van der Waals surface area contributed by atoms with Crippen LogP contribution < -0.4 is 5.32 Å². The van der Waals surface area contributed by atoms with Gasteiger partial charge in [0.25, 0.3) is 0 Å². The highest BCUT2D eigenvalue weighted by Crippen LogP contribution is 2.15. The molecule has 0 aromatic carbocycles. The second-order valence-corrected chi connectivity index (χ2v) is 4.42. The molecule has 1 aromatic heterocycles. The monoisotopic (exact) mass is 207 g/mol. The number of aryl methyl sites for hydroxylation is 1. The minimum Gasteiger partial charge on any atom is -0.299 e. The summed E-state index contributed by atoms with van der Waals surface area (Å²) in [5.74, 6) is 2.78. The van der Waals surface area contributed by atoms with Crippen LogP contribution in [0.2, 0.25) is 0 Å². The van der Waals surface area contributed by atoms with E-state index in [9.17, 15) is 0 Å². The van der Waals surface area contributed by atoms with E-state index >= 15 is 0 Å². The molecule has 0 saturated carbocycles. The maximum atomic E-state index is 5.43. The molecule has 1 unspecified atom stereocenters. The lowest BCUT2D eigenvalue weighted by Crippen LogP contribution is -2.26. The quantitative estimate of drug-likeness (QED) is 0.732. The summed E-state index contributed by atoms with van der Waals surface area (Å²) in [6.07, 6.45) is 7.61. The van der Waals surface area contributed by atoms with Gasteiger partial charge in [-0.3, -0.25) is 5.32 Å². The molecule has 0 radical (unpaired) electrons. The smallest absolute Gasteiger partial charge is 0.0689 e. The SMILES string of the molecule is C#CC(CCC)NCc1sccc1C. The Labute approximate surface area is 90.5 Å². The molecule has 1 aromatic rings. The van der Waals surface area contributed by atoms with E-state index in [1.54, 1.807) is 11.3 Å². The summed E-state index contributed by atoms with van der Waals surface area (Å²) in [5.41, 5.74) is 1.36. The Morgan fingerprint density at radius 2 is 2.43 bits per heavy atom. The zero-order valence-electron chi connectivity index (χ0n) is 8.84. The fraction of sp³-hybridized carbons (Fsp3) is 0.500.